The van der Waals surface area contributed by atoms with Crippen molar-refractivity contribution < 1.29 is 24.2 Å². The summed E-state index contributed by atoms with van der Waals surface area (Å²) in [6, 6.07) is 0. The van der Waals surface area contributed by atoms with Crippen LogP contribution < -0.4 is 0 Å². The van der Waals surface area contributed by atoms with E-state index < -0.39 is 6.10 Å². The fraction of sp³-hybridized carbons (Fsp3) is 0.957. The predicted molar refractivity (Wildman–Crippen MR) is 224 cm³/mol. The molecule has 5 heteroatoms. The molecule has 0 fully saturated rings. The van der Waals surface area contributed by atoms with Crippen molar-refractivity contribution in [1.29, 1.82) is 0 Å². The maximum absolute atomic E-state index is 12.2. The van der Waals surface area contributed by atoms with Crippen molar-refractivity contribution in [2.75, 3.05) is 13.2 Å². The van der Waals surface area contributed by atoms with Gasteiger partial charge in [-0.3, -0.25) is 9.59 Å². The van der Waals surface area contributed by atoms with Gasteiger partial charge in [-0.2, -0.15) is 0 Å². The molecule has 0 amide bonds. The zero-order chi connectivity index (χ0) is 37.8. The summed E-state index contributed by atoms with van der Waals surface area (Å²) in [5.74, 6) is -0.569. The van der Waals surface area contributed by atoms with Gasteiger partial charge in [0.1, 0.15) is 6.61 Å². The number of carbonyl (C=O) groups excluding carboxylic acids is 2. The van der Waals surface area contributed by atoms with Gasteiger partial charge in [-0.1, -0.05) is 245 Å². The predicted octanol–water partition coefficient (Wildman–Crippen LogP) is 15.1. The molecule has 0 saturated carbocycles. The van der Waals surface area contributed by atoms with Crippen LogP contribution >= 0.6 is 0 Å². The quantitative estimate of drug-likeness (QED) is 0.0498. The molecule has 0 aliphatic heterocycles. The van der Waals surface area contributed by atoms with Crippen LogP contribution in [0.3, 0.4) is 0 Å². The first-order valence-electron chi connectivity index (χ1n) is 23.6. The van der Waals surface area contributed by atoms with E-state index in [-0.39, 0.29) is 25.2 Å². The van der Waals surface area contributed by atoms with Crippen molar-refractivity contribution in [3.63, 3.8) is 0 Å². The Morgan fingerprint density at radius 2 is 0.596 bits per heavy atom. The minimum Gasteiger partial charge on any atom is -0.462 e. The highest BCUT2D eigenvalue weighted by atomic mass is 16.6. The van der Waals surface area contributed by atoms with E-state index in [2.05, 4.69) is 13.8 Å². The summed E-state index contributed by atoms with van der Waals surface area (Å²) in [5.41, 5.74) is 0. The summed E-state index contributed by atoms with van der Waals surface area (Å²) in [5, 5.41) is 9.59. The Hall–Kier alpha value is -1.10. The Bertz CT molecular complexity index is 710. The lowest BCUT2D eigenvalue weighted by molar-refractivity contribution is -0.161. The van der Waals surface area contributed by atoms with Crippen molar-refractivity contribution in [2.24, 2.45) is 0 Å². The Labute approximate surface area is 325 Å². The second kappa shape index (κ2) is 44.3. The van der Waals surface area contributed by atoms with E-state index in [1.165, 1.54) is 212 Å². The number of aliphatic hydroxyl groups is 1. The molecule has 0 aromatic heterocycles. The van der Waals surface area contributed by atoms with Crippen molar-refractivity contribution >= 4 is 11.9 Å². The van der Waals surface area contributed by atoms with Crippen LogP contribution in [0.15, 0.2) is 0 Å². The largest absolute Gasteiger partial charge is 0.462 e. The zero-order valence-electron chi connectivity index (χ0n) is 35.4. The molecule has 5 nitrogen and oxygen atoms in total. The number of hydrogen-bond acceptors (Lipinski definition) is 5. The highest BCUT2D eigenvalue weighted by molar-refractivity contribution is 5.70. The van der Waals surface area contributed by atoms with Crippen LogP contribution in [0.2, 0.25) is 0 Å². The normalized spacial score (nSPS) is 12.0. The molecule has 0 unspecified atom stereocenters. The molecule has 0 bridgehead atoms. The number of unbranched alkanes of at least 4 members (excludes halogenated alkanes) is 36. The molecule has 0 aliphatic rings. The number of ether oxygens (including phenoxy) is 2. The van der Waals surface area contributed by atoms with E-state index >= 15 is 0 Å². The van der Waals surface area contributed by atoms with Gasteiger partial charge in [0.05, 0.1) is 6.61 Å². The lowest BCUT2D eigenvalue weighted by Crippen LogP contribution is -2.28. The third-order valence-corrected chi connectivity index (χ3v) is 10.9. The molecule has 0 aromatic carbocycles. The summed E-state index contributed by atoms with van der Waals surface area (Å²) in [6.07, 6.45) is 50.4. The highest BCUT2D eigenvalue weighted by Gasteiger charge is 2.16. The van der Waals surface area contributed by atoms with E-state index in [0.29, 0.717) is 12.8 Å². The molecule has 310 valence electrons. The van der Waals surface area contributed by atoms with E-state index in [9.17, 15) is 14.7 Å². The first-order valence-corrected chi connectivity index (χ1v) is 23.6. The van der Waals surface area contributed by atoms with E-state index in [0.717, 1.165) is 32.1 Å². The topological polar surface area (TPSA) is 72.8 Å². The smallest absolute Gasteiger partial charge is 0.306 e. The molecule has 1 atom stereocenters. The summed E-state index contributed by atoms with van der Waals surface area (Å²) in [7, 11) is 0. The first kappa shape index (κ1) is 50.9. The molecule has 0 rings (SSSR count). The maximum Gasteiger partial charge on any atom is 0.306 e. The number of carbonyl (C=O) groups is 2. The highest BCUT2D eigenvalue weighted by Crippen LogP contribution is 2.17. The average Bonchev–Trinajstić information content (AvgIpc) is 3.15. The molecule has 52 heavy (non-hydrogen) atoms. The molecule has 1 N–H and O–H groups in total. The second-order valence-electron chi connectivity index (χ2n) is 16.2. The number of aliphatic hydroxyl groups excluding tert-OH is 1. The van der Waals surface area contributed by atoms with Crippen LogP contribution in [-0.4, -0.2) is 36.4 Å². The van der Waals surface area contributed by atoms with Crippen LogP contribution in [0.1, 0.15) is 271 Å². The summed E-state index contributed by atoms with van der Waals surface area (Å²) in [6.45, 7) is 4.19. The van der Waals surface area contributed by atoms with Gasteiger partial charge in [0.15, 0.2) is 6.10 Å². The van der Waals surface area contributed by atoms with Gasteiger partial charge in [-0.25, -0.2) is 0 Å². The lowest BCUT2D eigenvalue weighted by atomic mass is 10.0. The molecule has 0 radical (unpaired) electrons. The second-order valence-corrected chi connectivity index (χ2v) is 16.2. The molecular formula is C47H92O5. The SMILES string of the molecule is CCCCCCCCCCCCCCCCCCCCCCCCC(=O)OC[C@H](CO)OC(=O)CCCCCCCCCCCCCCCCCC. The standard InChI is InChI=1S/C47H92O5/c1-3-5-7-9-11-13-15-17-19-21-22-23-24-25-26-28-29-31-33-35-37-39-41-46(49)51-44-45(43-48)52-47(50)42-40-38-36-34-32-30-27-20-18-16-14-12-10-8-6-4-2/h45,48H,3-44H2,1-2H3/t45-/m0/s1. The van der Waals surface area contributed by atoms with E-state index in [1.54, 1.807) is 0 Å². The van der Waals surface area contributed by atoms with Gasteiger partial charge in [-0.05, 0) is 12.8 Å². The maximum atomic E-state index is 12.2. The van der Waals surface area contributed by atoms with Crippen molar-refractivity contribution in [1.82, 2.24) is 0 Å². The minimum atomic E-state index is -0.762. The van der Waals surface area contributed by atoms with E-state index in [1.807, 2.05) is 0 Å². The Morgan fingerprint density at radius 1 is 0.365 bits per heavy atom. The van der Waals surface area contributed by atoms with Crippen molar-refractivity contribution in [3.8, 4) is 0 Å². The number of esters is 2. The molecule has 0 heterocycles. The minimum absolute atomic E-state index is 0.0562. The molecule has 0 aliphatic carbocycles. The van der Waals surface area contributed by atoms with Gasteiger partial charge >= 0.3 is 11.9 Å². The molecule has 0 saturated heterocycles. The summed E-state index contributed by atoms with van der Waals surface area (Å²) < 4.78 is 10.7. The van der Waals surface area contributed by atoms with E-state index in [4.69, 9.17) is 9.47 Å². The fourth-order valence-corrected chi connectivity index (χ4v) is 7.32. The van der Waals surface area contributed by atoms with Crippen molar-refractivity contribution in [2.45, 2.75) is 277 Å². The Balaban J connectivity index is 3.43. The van der Waals surface area contributed by atoms with Gasteiger partial charge in [0.2, 0.25) is 0 Å². The van der Waals surface area contributed by atoms with Crippen LogP contribution in [-0.2, 0) is 19.1 Å². The Kier molecular flexibility index (Phi) is 43.4. The van der Waals surface area contributed by atoms with Crippen LogP contribution in [0.25, 0.3) is 0 Å². The summed E-state index contributed by atoms with van der Waals surface area (Å²) in [4.78, 5) is 24.4. The van der Waals surface area contributed by atoms with Crippen LogP contribution in [0, 0.1) is 0 Å². The number of hydrogen-bond donors (Lipinski definition) is 1. The van der Waals surface area contributed by atoms with Gasteiger partial charge in [0.25, 0.3) is 0 Å². The third kappa shape index (κ3) is 41.7. The molecule has 0 aromatic rings. The van der Waals surface area contributed by atoms with Gasteiger partial charge in [0, 0.05) is 12.8 Å². The van der Waals surface area contributed by atoms with Crippen LogP contribution in [0.5, 0.6) is 0 Å². The molecule has 0 spiro atoms. The van der Waals surface area contributed by atoms with Gasteiger partial charge < -0.3 is 14.6 Å². The molecular weight excluding hydrogens is 645 g/mol. The Morgan fingerprint density at radius 3 is 0.846 bits per heavy atom. The average molecular weight is 737 g/mol. The summed E-state index contributed by atoms with van der Waals surface area (Å²) >= 11 is 0. The number of rotatable bonds is 44. The first-order chi connectivity index (χ1) is 25.6. The lowest BCUT2D eigenvalue weighted by Gasteiger charge is -2.15. The zero-order valence-corrected chi connectivity index (χ0v) is 35.4. The fourth-order valence-electron chi connectivity index (χ4n) is 7.32. The van der Waals surface area contributed by atoms with Crippen LogP contribution in [0.4, 0.5) is 0 Å². The van der Waals surface area contributed by atoms with Gasteiger partial charge in [-0.15, -0.1) is 0 Å². The monoisotopic (exact) mass is 737 g/mol. The third-order valence-electron chi connectivity index (χ3n) is 10.9. The van der Waals surface area contributed by atoms with Crippen molar-refractivity contribution in [3.05, 3.63) is 0 Å².